The van der Waals surface area contributed by atoms with Crippen molar-refractivity contribution in [2.75, 3.05) is 19.5 Å². The van der Waals surface area contributed by atoms with Crippen molar-refractivity contribution in [3.8, 4) is 6.01 Å². The lowest BCUT2D eigenvalue weighted by atomic mass is 10.2. The van der Waals surface area contributed by atoms with Gasteiger partial charge in [0.1, 0.15) is 5.52 Å². The Balaban J connectivity index is 1.17. The number of rotatable bonds is 12. The number of methoxy groups -OCH3 is 1. The van der Waals surface area contributed by atoms with Crippen LogP contribution >= 0.6 is 11.6 Å². The van der Waals surface area contributed by atoms with E-state index < -0.39 is 16.1 Å². The average molecular weight is 574 g/mol. The molecule has 0 aliphatic heterocycles. The van der Waals surface area contributed by atoms with Crippen molar-refractivity contribution in [1.29, 1.82) is 0 Å². The Morgan fingerprint density at radius 2 is 1.72 bits per heavy atom. The van der Waals surface area contributed by atoms with Crippen molar-refractivity contribution in [3.05, 3.63) is 71.0 Å². The number of hydrogen-bond acceptors (Lipinski definition) is 9. The van der Waals surface area contributed by atoms with E-state index in [-0.39, 0.29) is 36.4 Å². The van der Waals surface area contributed by atoms with E-state index in [2.05, 4.69) is 25.0 Å². The van der Waals surface area contributed by atoms with E-state index in [0.29, 0.717) is 35.6 Å². The highest BCUT2D eigenvalue weighted by Gasteiger charge is 2.14. The fraction of sp³-hybridized carbons (Fsp3) is 0.280. The van der Waals surface area contributed by atoms with Gasteiger partial charge in [-0.15, -0.1) is 0 Å². The number of anilines is 1. The van der Waals surface area contributed by atoms with Gasteiger partial charge in [0.25, 0.3) is 0 Å². The number of nitrogens with one attached hydrogen (secondary N) is 2. The number of nitrogens with zero attached hydrogens (tertiary/aromatic N) is 4. The van der Waals surface area contributed by atoms with E-state index in [9.17, 15) is 13.2 Å². The maximum atomic E-state index is 12.6. The molecule has 4 N–H and O–H groups in total. The summed E-state index contributed by atoms with van der Waals surface area (Å²) in [5.41, 5.74) is 8.49. The molecule has 39 heavy (non-hydrogen) atoms. The van der Waals surface area contributed by atoms with Gasteiger partial charge in [-0.25, -0.2) is 22.9 Å². The molecule has 0 fully saturated rings. The van der Waals surface area contributed by atoms with Crippen LogP contribution in [0.3, 0.4) is 0 Å². The minimum Gasteiger partial charge on any atom is -0.467 e. The van der Waals surface area contributed by atoms with Gasteiger partial charge >= 0.3 is 12.1 Å². The number of fused-ring (bicyclic) bond motifs is 1. The third-order valence-electron chi connectivity index (χ3n) is 5.73. The molecule has 4 rings (SSSR count). The van der Waals surface area contributed by atoms with Gasteiger partial charge in [0.05, 0.1) is 24.9 Å². The van der Waals surface area contributed by atoms with E-state index in [1.54, 1.807) is 42.7 Å². The van der Waals surface area contributed by atoms with E-state index in [4.69, 9.17) is 26.8 Å². The highest BCUT2D eigenvalue weighted by atomic mass is 35.5. The quantitative estimate of drug-likeness (QED) is 0.216. The summed E-state index contributed by atoms with van der Waals surface area (Å²) < 4.78 is 39.8. The first-order chi connectivity index (χ1) is 18.7. The normalized spacial score (nSPS) is 11.4. The summed E-state index contributed by atoms with van der Waals surface area (Å²) in [6.07, 6.45) is 2.41. The molecule has 4 aromatic rings. The molecule has 0 aliphatic carbocycles. The molecular weight excluding hydrogens is 546 g/mol. The standard InChI is InChI=1S/C25H28ClN7O5S/c1-37-24-31-22(27)21-23(32-24)33(16-29-21)12-2-3-13-38-25(34)28-14-17-6-10-20(11-7-17)39(35,36)30-15-18-4-8-19(26)9-5-18/h4-11,16,30H,2-3,12-15H2,1H3,(H,28,34)(H2,27,31,32). The number of benzene rings is 2. The van der Waals surface area contributed by atoms with Crippen LogP contribution < -0.4 is 20.5 Å². The second-order valence-electron chi connectivity index (χ2n) is 8.50. The smallest absolute Gasteiger partial charge is 0.407 e. The van der Waals surface area contributed by atoms with Gasteiger partial charge in [-0.1, -0.05) is 35.9 Å². The lowest BCUT2D eigenvalue weighted by Gasteiger charge is -2.09. The molecule has 0 saturated carbocycles. The zero-order chi connectivity index (χ0) is 27.8. The second-order valence-corrected chi connectivity index (χ2v) is 10.7. The van der Waals surface area contributed by atoms with Crippen molar-refractivity contribution < 1.29 is 22.7 Å². The molecule has 206 valence electrons. The van der Waals surface area contributed by atoms with Crippen LogP contribution in [0.5, 0.6) is 6.01 Å². The van der Waals surface area contributed by atoms with Crippen LogP contribution in [-0.2, 0) is 34.4 Å². The number of nitrogens with two attached hydrogens (primary N) is 1. The fourth-order valence-corrected chi connectivity index (χ4v) is 4.77. The average Bonchev–Trinajstić information content (AvgIpc) is 3.35. The third kappa shape index (κ3) is 7.56. The number of carbonyl (C=O) groups excluding carboxylic acids is 1. The molecule has 12 nitrogen and oxygen atoms in total. The second kappa shape index (κ2) is 12.7. The van der Waals surface area contributed by atoms with Crippen molar-refractivity contribution >= 4 is 44.7 Å². The first-order valence-electron chi connectivity index (χ1n) is 12.0. The predicted octanol–water partition coefficient (Wildman–Crippen LogP) is 3.26. The summed E-state index contributed by atoms with van der Waals surface area (Å²) in [5, 5.41) is 3.24. The van der Waals surface area contributed by atoms with Crippen LogP contribution in [0.15, 0.2) is 59.8 Å². The zero-order valence-corrected chi connectivity index (χ0v) is 22.7. The van der Waals surface area contributed by atoms with Gasteiger partial charge in [-0.3, -0.25) is 0 Å². The van der Waals surface area contributed by atoms with Crippen molar-refractivity contribution in [2.45, 2.75) is 37.4 Å². The van der Waals surface area contributed by atoms with Crippen LogP contribution in [0.1, 0.15) is 24.0 Å². The largest absolute Gasteiger partial charge is 0.467 e. The van der Waals surface area contributed by atoms with E-state index >= 15 is 0 Å². The lowest BCUT2D eigenvalue weighted by molar-refractivity contribution is 0.143. The highest BCUT2D eigenvalue weighted by Crippen LogP contribution is 2.19. The third-order valence-corrected chi connectivity index (χ3v) is 7.40. The number of amides is 1. The van der Waals surface area contributed by atoms with Crippen LogP contribution in [-0.4, -0.2) is 47.7 Å². The number of ether oxygens (including phenoxy) is 2. The van der Waals surface area contributed by atoms with E-state index in [0.717, 1.165) is 11.1 Å². The zero-order valence-electron chi connectivity index (χ0n) is 21.1. The molecule has 2 heterocycles. The van der Waals surface area contributed by atoms with Crippen LogP contribution in [0.2, 0.25) is 5.02 Å². The topological polar surface area (TPSA) is 163 Å². The molecule has 14 heteroatoms. The van der Waals surface area contributed by atoms with Gasteiger partial charge in [0.15, 0.2) is 11.5 Å². The molecule has 0 atom stereocenters. The van der Waals surface area contributed by atoms with Gasteiger partial charge in [-0.2, -0.15) is 9.97 Å². The molecular formula is C25H28ClN7O5S. The Kier molecular flexibility index (Phi) is 9.17. The Labute approximate surface area is 230 Å². The van der Waals surface area contributed by atoms with Crippen molar-refractivity contribution in [1.82, 2.24) is 29.6 Å². The molecule has 2 aromatic heterocycles. The number of carbonyl (C=O) groups is 1. The molecule has 0 radical (unpaired) electrons. The van der Waals surface area contributed by atoms with Gasteiger partial charge < -0.3 is 25.1 Å². The van der Waals surface area contributed by atoms with Gasteiger partial charge in [0, 0.05) is 24.7 Å². The van der Waals surface area contributed by atoms with E-state index in [1.807, 2.05) is 4.57 Å². The van der Waals surface area contributed by atoms with Gasteiger partial charge in [-0.05, 0) is 48.2 Å². The monoisotopic (exact) mass is 573 g/mol. The minimum absolute atomic E-state index is 0.126. The van der Waals surface area contributed by atoms with Crippen LogP contribution in [0.25, 0.3) is 11.2 Å². The number of sulfonamides is 1. The fourth-order valence-electron chi connectivity index (χ4n) is 3.62. The Bertz CT molecular complexity index is 1530. The number of unbranched alkanes of at least 4 members (excludes halogenated alkanes) is 1. The number of alkyl carbamates (subject to hydrolysis) is 1. The molecule has 0 aliphatic rings. The number of hydrogen-bond donors (Lipinski definition) is 3. The Hall–Kier alpha value is -3.94. The SMILES string of the molecule is COc1nc(N)c2ncn(CCCCOC(=O)NCc3ccc(S(=O)(=O)NCc4ccc(Cl)cc4)cc3)c2n1. The molecule has 0 bridgehead atoms. The summed E-state index contributed by atoms with van der Waals surface area (Å²) in [7, 11) is -2.22. The number of aryl methyl sites for hydroxylation is 1. The van der Waals surface area contributed by atoms with Crippen molar-refractivity contribution in [3.63, 3.8) is 0 Å². The first-order valence-corrected chi connectivity index (χ1v) is 13.9. The molecule has 2 aromatic carbocycles. The molecule has 0 saturated heterocycles. The minimum atomic E-state index is -3.69. The summed E-state index contributed by atoms with van der Waals surface area (Å²) in [6.45, 7) is 1.17. The maximum Gasteiger partial charge on any atom is 0.407 e. The van der Waals surface area contributed by atoms with Gasteiger partial charge in [0.2, 0.25) is 10.0 Å². The highest BCUT2D eigenvalue weighted by molar-refractivity contribution is 7.89. The number of nitrogen functional groups attached to an aromatic ring is 1. The maximum absolute atomic E-state index is 12.6. The first kappa shape index (κ1) is 28.1. The molecule has 1 amide bonds. The number of aromatic nitrogens is 4. The molecule has 0 unspecified atom stereocenters. The van der Waals surface area contributed by atoms with Crippen LogP contribution in [0.4, 0.5) is 10.6 Å². The van der Waals surface area contributed by atoms with Crippen LogP contribution in [0, 0.1) is 0 Å². The number of halogens is 1. The lowest BCUT2D eigenvalue weighted by Crippen LogP contribution is -2.25. The van der Waals surface area contributed by atoms with E-state index in [1.165, 1.54) is 19.2 Å². The summed E-state index contributed by atoms with van der Waals surface area (Å²) in [6, 6.07) is 13.3. The Morgan fingerprint density at radius 3 is 2.44 bits per heavy atom. The molecule has 0 spiro atoms. The summed E-state index contributed by atoms with van der Waals surface area (Å²) >= 11 is 5.86. The number of imidazole rings is 1. The van der Waals surface area contributed by atoms with Crippen molar-refractivity contribution in [2.24, 2.45) is 0 Å². The summed E-state index contributed by atoms with van der Waals surface area (Å²) in [4.78, 5) is 24.7. The predicted molar refractivity (Wildman–Crippen MR) is 146 cm³/mol. The summed E-state index contributed by atoms with van der Waals surface area (Å²) in [5.74, 6) is 0.248. The Morgan fingerprint density at radius 1 is 1.03 bits per heavy atom.